The van der Waals surface area contributed by atoms with E-state index < -0.39 is 47.6 Å². The quantitative estimate of drug-likeness (QED) is 0.305. The number of hydrogen-bond donors (Lipinski definition) is 2. The fraction of sp³-hybridized carbons (Fsp3) is 0.194. The van der Waals surface area contributed by atoms with E-state index in [1.807, 2.05) is 0 Å². The number of hydrogen-bond acceptors (Lipinski definition) is 9. The van der Waals surface area contributed by atoms with Gasteiger partial charge >= 0.3 is 17.6 Å². The van der Waals surface area contributed by atoms with Crippen LogP contribution in [-0.2, 0) is 14.2 Å². The molecule has 1 fully saturated rings. The molecule has 4 aromatic rings. The van der Waals surface area contributed by atoms with Crippen LogP contribution in [0.1, 0.15) is 44.2 Å². The van der Waals surface area contributed by atoms with Crippen LogP contribution in [0.5, 0.6) is 0 Å². The normalized spacial score (nSPS) is 21.3. The fourth-order valence-corrected chi connectivity index (χ4v) is 4.57. The first-order valence-electron chi connectivity index (χ1n) is 13.1. The van der Waals surface area contributed by atoms with Crippen molar-refractivity contribution < 1.29 is 33.7 Å². The zero-order chi connectivity index (χ0) is 29.7. The summed E-state index contributed by atoms with van der Waals surface area (Å²) in [7, 11) is 0. The molecular weight excluding hydrogens is 542 g/mol. The zero-order valence-electron chi connectivity index (χ0n) is 22.5. The standard InChI is InChI=1S/C31H27N3O8/c1-31(39)25(42-28(37)22-15-9-4-10-16-22)23(19-40-27(36)21-13-7-3-8-14-21)41-29(31)34-18-17-24(33-30(34)38)32-26(35)20-11-5-2-6-12-20/h2-18,23,25,29,39H,19H2,1H3,(H,32,33,35,38)/t23-,25-,29-,31+/m1/s1. The van der Waals surface area contributed by atoms with Gasteiger partial charge in [-0.15, -0.1) is 0 Å². The summed E-state index contributed by atoms with van der Waals surface area (Å²) >= 11 is 0. The van der Waals surface area contributed by atoms with Crippen molar-refractivity contribution in [1.82, 2.24) is 9.55 Å². The molecular formula is C31H27N3O8. The summed E-state index contributed by atoms with van der Waals surface area (Å²) in [4.78, 5) is 55.0. The monoisotopic (exact) mass is 569 g/mol. The van der Waals surface area contributed by atoms with E-state index >= 15 is 0 Å². The van der Waals surface area contributed by atoms with Crippen molar-refractivity contribution in [3.8, 4) is 0 Å². The molecule has 0 bridgehead atoms. The van der Waals surface area contributed by atoms with Gasteiger partial charge in [0.25, 0.3) is 5.91 Å². The minimum Gasteiger partial charge on any atom is -0.459 e. The van der Waals surface area contributed by atoms with Crippen molar-refractivity contribution in [3.05, 3.63) is 130 Å². The molecule has 1 aliphatic rings. The summed E-state index contributed by atoms with van der Waals surface area (Å²) in [6.45, 7) is 0.956. The number of amides is 1. The Morgan fingerprint density at radius 3 is 2.00 bits per heavy atom. The molecule has 0 unspecified atom stereocenters. The molecule has 1 aliphatic heterocycles. The van der Waals surface area contributed by atoms with Crippen LogP contribution in [-0.4, -0.2) is 56.9 Å². The van der Waals surface area contributed by atoms with Gasteiger partial charge in [-0.1, -0.05) is 54.6 Å². The van der Waals surface area contributed by atoms with Crippen LogP contribution in [0.4, 0.5) is 5.82 Å². The molecule has 2 heterocycles. The van der Waals surface area contributed by atoms with Gasteiger partial charge in [0.05, 0.1) is 11.1 Å². The molecule has 0 aliphatic carbocycles. The molecule has 0 spiro atoms. The highest BCUT2D eigenvalue weighted by Crippen LogP contribution is 2.40. The fourth-order valence-electron chi connectivity index (χ4n) is 4.57. The number of rotatable bonds is 8. The predicted octanol–water partition coefficient (Wildman–Crippen LogP) is 3.23. The van der Waals surface area contributed by atoms with Gasteiger partial charge in [0, 0.05) is 11.8 Å². The maximum Gasteiger partial charge on any atom is 0.351 e. The van der Waals surface area contributed by atoms with E-state index in [-0.39, 0.29) is 18.0 Å². The number of carbonyl (C=O) groups excluding carboxylic acids is 3. The van der Waals surface area contributed by atoms with Gasteiger partial charge in [-0.25, -0.2) is 14.4 Å². The highest BCUT2D eigenvalue weighted by Gasteiger charge is 2.57. The van der Waals surface area contributed by atoms with Crippen LogP contribution in [0.2, 0.25) is 0 Å². The number of esters is 2. The van der Waals surface area contributed by atoms with Gasteiger partial charge in [0.1, 0.15) is 24.1 Å². The first kappa shape index (κ1) is 28.4. The summed E-state index contributed by atoms with van der Waals surface area (Å²) in [5, 5.41) is 14.2. The van der Waals surface area contributed by atoms with Crippen LogP contribution in [0.3, 0.4) is 0 Å². The molecule has 4 atom stereocenters. The van der Waals surface area contributed by atoms with Crippen molar-refractivity contribution >= 4 is 23.7 Å². The first-order valence-corrected chi connectivity index (χ1v) is 13.1. The molecule has 0 radical (unpaired) electrons. The number of benzene rings is 3. The van der Waals surface area contributed by atoms with Gasteiger partial charge in [-0.3, -0.25) is 9.36 Å². The summed E-state index contributed by atoms with van der Waals surface area (Å²) in [6, 6.07) is 26.2. The van der Waals surface area contributed by atoms with E-state index in [1.165, 1.54) is 19.2 Å². The van der Waals surface area contributed by atoms with Crippen LogP contribution >= 0.6 is 0 Å². The third-order valence-corrected chi connectivity index (χ3v) is 6.71. The van der Waals surface area contributed by atoms with E-state index in [1.54, 1.807) is 91.0 Å². The molecule has 2 N–H and O–H groups in total. The zero-order valence-corrected chi connectivity index (χ0v) is 22.5. The summed E-state index contributed by atoms with van der Waals surface area (Å²) in [5.74, 6) is -1.86. The minimum absolute atomic E-state index is 0.0110. The number of aliphatic hydroxyl groups is 1. The molecule has 42 heavy (non-hydrogen) atoms. The van der Waals surface area contributed by atoms with Crippen molar-refractivity contribution in [2.45, 2.75) is 31.0 Å². The number of nitrogens with zero attached hydrogens (tertiary/aromatic N) is 2. The lowest BCUT2D eigenvalue weighted by atomic mass is 9.96. The lowest BCUT2D eigenvalue weighted by Gasteiger charge is -2.30. The van der Waals surface area contributed by atoms with Crippen LogP contribution in [0.15, 0.2) is 108 Å². The number of anilines is 1. The Labute approximate surface area is 240 Å². The number of ether oxygens (including phenoxy) is 3. The molecule has 11 nitrogen and oxygen atoms in total. The van der Waals surface area contributed by atoms with E-state index in [0.29, 0.717) is 11.1 Å². The Balaban J connectivity index is 1.39. The average Bonchev–Trinajstić information content (AvgIpc) is 3.25. The summed E-state index contributed by atoms with van der Waals surface area (Å²) < 4.78 is 18.1. The predicted molar refractivity (Wildman–Crippen MR) is 150 cm³/mol. The van der Waals surface area contributed by atoms with Crippen molar-refractivity contribution in [1.29, 1.82) is 0 Å². The molecule has 1 aromatic heterocycles. The number of aromatic nitrogens is 2. The van der Waals surface area contributed by atoms with Gasteiger partial charge in [0.15, 0.2) is 12.3 Å². The highest BCUT2D eigenvalue weighted by atomic mass is 16.6. The molecule has 1 saturated heterocycles. The third-order valence-electron chi connectivity index (χ3n) is 6.71. The second kappa shape index (κ2) is 12.2. The average molecular weight is 570 g/mol. The molecule has 1 amide bonds. The SMILES string of the molecule is C[C@]1(O)[C@H](OC(=O)c2ccccc2)[C@@H](COC(=O)c2ccccc2)O[C@H]1n1ccc(NC(=O)c2ccccc2)nc1=O. The second-order valence-corrected chi connectivity index (χ2v) is 9.73. The molecule has 11 heteroatoms. The van der Waals surface area contributed by atoms with Crippen LogP contribution < -0.4 is 11.0 Å². The van der Waals surface area contributed by atoms with Gasteiger partial charge in [-0.2, -0.15) is 4.98 Å². The first-order chi connectivity index (χ1) is 20.2. The Hall–Kier alpha value is -5.13. The topological polar surface area (TPSA) is 146 Å². The van der Waals surface area contributed by atoms with E-state index in [2.05, 4.69) is 10.3 Å². The Morgan fingerprint density at radius 2 is 1.43 bits per heavy atom. The largest absolute Gasteiger partial charge is 0.459 e. The van der Waals surface area contributed by atoms with E-state index in [4.69, 9.17) is 14.2 Å². The van der Waals surface area contributed by atoms with Crippen molar-refractivity contribution in [3.63, 3.8) is 0 Å². The Morgan fingerprint density at radius 1 is 0.881 bits per heavy atom. The van der Waals surface area contributed by atoms with Crippen LogP contribution in [0, 0.1) is 0 Å². The summed E-state index contributed by atoms with van der Waals surface area (Å²) in [6.07, 6.45) is -2.58. The van der Waals surface area contributed by atoms with E-state index in [0.717, 1.165) is 4.57 Å². The second-order valence-electron chi connectivity index (χ2n) is 9.73. The van der Waals surface area contributed by atoms with Gasteiger partial charge in [-0.05, 0) is 49.4 Å². The van der Waals surface area contributed by atoms with Gasteiger partial charge < -0.3 is 24.6 Å². The number of nitrogens with one attached hydrogen (secondary N) is 1. The third kappa shape index (κ3) is 6.12. The molecule has 3 aromatic carbocycles. The summed E-state index contributed by atoms with van der Waals surface area (Å²) in [5.41, 5.74) is -1.91. The van der Waals surface area contributed by atoms with Crippen molar-refractivity contribution in [2.75, 3.05) is 11.9 Å². The molecule has 214 valence electrons. The van der Waals surface area contributed by atoms with Crippen LogP contribution in [0.25, 0.3) is 0 Å². The van der Waals surface area contributed by atoms with Gasteiger partial charge in [0.2, 0.25) is 0 Å². The van der Waals surface area contributed by atoms with E-state index in [9.17, 15) is 24.3 Å². The Bertz CT molecular complexity index is 1620. The lowest BCUT2D eigenvalue weighted by molar-refractivity contribution is -0.101. The smallest absolute Gasteiger partial charge is 0.351 e. The molecule has 0 saturated carbocycles. The molecule has 5 rings (SSSR count). The maximum absolute atomic E-state index is 13.1. The maximum atomic E-state index is 13.1. The van der Waals surface area contributed by atoms with Crippen molar-refractivity contribution in [2.24, 2.45) is 0 Å². The Kier molecular flexibility index (Phi) is 8.23. The lowest BCUT2D eigenvalue weighted by Crippen LogP contribution is -2.48. The highest BCUT2D eigenvalue weighted by molar-refractivity contribution is 6.03. The minimum atomic E-state index is -1.96. The number of carbonyl (C=O) groups is 3.